The number of aromatic nitrogens is 1. The SMILES string of the molecule is Cc1oc(-c2cccs2)nc1CC(=O)N[C@H](C(=O)O)C(C)C. The number of carboxylic acids is 1. The van der Waals surface area contributed by atoms with Crippen molar-refractivity contribution in [3.05, 3.63) is 29.0 Å². The molecule has 0 aliphatic heterocycles. The second-order valence-corrected chi connectivity index (χ2v) is 6.25. The molecule has 2 heterocycles. The summed E-state index contributed by atoms with van der Waals surface area (Å²) in [6.45, 7) is 5.23. The van der Waals surface area contributed by atoms with Crippen molar-refractivity contribution in [1.29, 1.82) is 0 Å². The molecule has 2 N–H and O–H groups in total. The summed E-state index contributed by atoms with van der Waals surface area (Å²) in [7, 11) is 0. The van der Waals surface area contributed by atoms with Crippen LogP contribution in [-0.2, 0) is 16.0 Å². The van der Waals surface area contributed by atoms with Crippen LogP contribution < -0.4 is 5.32 Å². The van der Waals surface area contributed by atoms with Crippen molar-refractivity contribution in [2.75, 3.05) is 0 Å². The minimum atomic E-state index is -1.04. The van der Waals surface area contributed by atoms with Crippen LogP contribution >= 0.6 is 11.3 Å². The van der Waals surface area contributed by atoms with E-state index in [1.807, 2.05) is 17.5 Å². The third-order valence-electron chi connectivity index (χ3n) is 3.20. The second kappa shape index (κ2) is 6.74. The van der Waals surface area contributed by atoms with Gasteiger partial charge in [-0.05, 0) is 24.3 Å². The topological polar surface area (TPSA) is 92.4 Å². The number of aliphatic carboxylic acids is 1. The summed E-state index contributed by atoms with van der Waals surface area (Å²) in [5, 5.41) is 13.5. The maximum absolute atomic E-state index is 12.0. The fraction of sp³-hybridized carbons (Fsp3) is 0.400. The number of carbonyl (C=O) groups excluding carboxylic acids is 1. The van der Waals surface area contributed by atoms with Crippen LogP contribution in [0.2, 0.25) is 0 Å². The molecule has 118 valence electrons. The van der Waals surface area contributed by atoms with Crippen molar-refractivity contribution in [2.24, 2.45) is 5.92 Å². The first kappa shape index (κ1) is 16.2. The van der Waals surface area contributed by atoms with Gasteiger partial charge < -0.3 is 14.8 Å². The molecule has 0 bridgehead atoms. The molecule has 6 nitrogen and oxygen atoms in total. The Morgan fingerprint density at radius 2 is 2.18 bits per heavy atom. The maximum Gasteiger partial charge on any atom is 0.326 e. The first-order chi connectivity index (χ1) is 10.4. The van der Waals surface area contributed by atoms with Gasteiger partial charge in [0.25, 0.3) is 0 Å². The molecule has 0 spiro atoms. The fourth-order valence-corrected chi connectivity index (χ4v) is 2.64. The van der Waals surface area contributed by atoms with E-state index in [9.17, 15) is 9.59 Å². The van der Waals surface area contributed by atoms with Gasteiger partial charge in [0.05, 0.1) is 17.0 Å². The van der Waals surface area contributed by atoms with Gasteiger partial charge in [-0.1, -0.05) is 19.9 Å². The average Bonchev–Trinajstić information content (AvgIpc) is 3.06. The summed E-state index contributed by atoms with van der Waals surface area (Å²) >= 11 is 1.50. The monoisotopic (exact) mass is 322 g/mol. The van der Waals surface area contributed by atoms with Gasteiger partial charge in [0.15, 0.2) is 0 Å². The number of oxazole rings is 1. The number of hydrogen-bond acceptors (Lipinski definition) is 5. The summed E-state index contributed by atoms with van der Waals surface area (Å²) in [5.41, 5.74) is 0.522. The normalized spacial score (nSPS) is 12.4. The molecule has 2 rings (SSSR count). The van der Waals surface area contributed by atoms with Crippen LogP contribution in [0.1, 0.15) is 25.3 Å². The van der Waals surface area contributed by atoms with Gasteiger partial charge in [0, 0.05) is 0 Å². The van der Waals surface area contributed by atoms with E-state index in [0.717, 1.165) is 4.88 Å². The minimum Gasteiger partial charge on any atom is -0.480 e. The molecule has 1 atom stereocenters. The Labute approximate surface area is 132 Å². The van der Waals surface area contributed by atoms with E-state index in [0.29, 0.717) is 17.3 Å². The molecule has 0 aromatic carbocycles. The van der Waals surface area contributed by atoms with Crippen molar-refractivity contribution in [1.82, 2.24) is 10.3 Å². The Kier molecular flexibility index (Phi) is 4.97. The van der Waals surface area contributed by atoms with Crippen LogP contribution in [0.4, 0.5) is 0 Å². The molecule has 0 saturated carbocycles. The highest BCUT2D eigenvalue weighted by molar-refractivity contribution is 7.13. The van der Waals surface area contributed by atoms with Crippen LogP contribution in [-0.4, -0.2) is 28.0 Å². The summed E-state index contributed by atoms with van der Waals surface area (Å²) in [6, 6.07) is 2.88. The zero-order valence-electron chi connectivity index (χ0n) is 12.6. The zero-order valence-corrected chi connectivity index (χ0v) is 13.4. The van der Waals surface area contributed by atoms with Crippen molar-refractivity contribution in [2.45, 2.75) is 33.2 Å². The average molecular weight is 322 g/mol. The molecular weight excluding hydrogens is 304 g/mol. The second-order valence-electron chi connectivity index (χ2n) is 5.30. The van der Waals surface area contributed by atoms with Gasteiger partial charge in [-0.3, -0.25) is 4.79 Å². The van der Waals surface area contributed by atoms with E-state index < -0.39 is 12.0 Å². The molecule has 0 fully saturated rings. The number of rotatable bonds is 6. The van der Waals surface area contributed by atoms with Gasteiger partial charge in [0.2, 0.25) is 11.8 Å². The molecule has 1 amide bonds. The highest BCUT2D eigenvalue weighted by atomic mass is 32.1. The molecule has 0 aliphatic rings. The minimum absolute atomic E-state index is 0.00277. The van der Waals surface area contributed by atoms with E-state index in [1.54, 1.807) is 20.8 Å². The Morgan fingerprint density at radius 3 is 2.73 bits per heavy atom. The predicted octanol–water partition coefficient (Wildman–Crippen LogP) is 2.48. The first-order valence-electron chi connectivity index (χ1n) is 6.90. The van der Waals surface area contributed by atoms with Gasteiger partial charge in [0.1, 0.15) is 11.8 Å². The number of carboxylic acid groups (broad SMARTS) is 1. The van der Waals surface area contributed by atoms with Crippen molar-refractivity contribution in [3.63, 3.8) is 0 Å². The smallest absolute Gasteiger partial charge is 0.326 e. The lowest BCUT2D eigenvalue weighted by atomic mass is 10.0. The number of thiophene rings is 1. The van der Waals surface area contributed by atoms with E-state index in [-0.39, 0.29) is 18.2 Å². The van der Waals surface area contributed by atoms with Crippen molar-refractivity contribution >= 4 is 23.2 Å². The number of carbonyl (C=O) groups is 2. The number of hydrogen-bond donors (Lipinski definition) is 2. The maximum atomic E-state index is 12.0. The third-order valence-corrected chi connectivity index (χ3v) is 4.06. The lowest BCUT2D eigenvalue weighted by Crippen LogP contribution is -2.45. The summed E-state index contributed by atoms with van der Waals surface area (Å²) in [4.78, 5) is 28.3. The predicted molar refractivity (Wildman–Crippen MR) is 82.7 cm³/mol. The van der Waals surface area contributed by atoms with Gasteiger partial charge >= 0.3 is 5.97 Å². The quantitative estimate of drug-likeness (QED) is 0.852. The Balaban J connectivity index is 2.07. The molecular formula is C15H18N2O4S. The summed E-state index contributed by atoms with van der Waals surface area (Å²) < 4.78 is 5.56. The fourth-order valence-electron chi connectivity index (χ4n) is 1.99. The molecule has 0 unspecified atom stereocenters. The van der Waals surface area contributed by atoms with Crippen molar-refractivity contribution in [3.8, 4) is 10.8 Å². The number of nitrogens with zero attached hydrogens (tertiary/aromatic N) is 1. The van der Waals surface area contributed by atoms with Crippen molar-refractivity contribution < 1.29 is 19.1 Å². The number of amides is 1. The summed E-state index contributed by atoms with van der Waals surface area (Å²) in [6.07, 6.45) is -0.00277. The number of nitrogens with one attached hydrogen (secondary N) is 1. The lowest BCUT2D eigenvalue weighted by molar-refractivity contribution is -0.143. The van der Waals surface area contributed by atoms with Crippen LogP contribution in [0.3, 0.4) is 0 Å². The standard InChI is InChI=1S/C15H18N2O4S/c1-8(2)13(15(19)20)17-12(18)7-10-9(3)21-14(16-10)11-5-4-6-22-11/h4-6,8,13H,7H2,1-3H3,(H,17,18)(H,19,20)/t13-/m0/s1. The first-order valence-corrected chi connectivity index (χ1v) is 7.78. The van der Waals surface area contributed by atoms with Crippen LogP contribution in [0, 0.1) is 12.8 Å². The molecule has 2 aromatic heterocycles. The molecule has 2 aromatic rings. The molecule has 7 heteroatoms. The van der Waals surface area contributed by atoms with E-state index in [4.69, 9.17) is 9.52 Å². The highest BCUT2D eigenvalue weighted by Gasteiger charge is 2.24. The molecule has 22 heavy (non-hydrogen) atoms. The van der Waals surface area contributed by atoms with E-state index in [2.05, 4.69) is 10.3 Å². The third kappa shape index (κ3) is 3.73. The molecule has 0 saturated heterocycles. The van der Waals surface area contributed by atoms with E-state index >= 15 is 0 Å². The van der Waals surface area contributed by atoms with Crippen LogP contribution in [0.15, 0.2) is 21.9 Å². The largest absolute Gasteiger partial charge is 0.480 e. The Bertz CT molecular complexity index is 661. The van der Waals surface area contributed by atoms with Crippen LogP contribution in [0.25, 0.3) is 10.8 Å². The van der Waals surface area contributed by atoms with Gasteiger partial charge in [-0.15, -0.1) is 11.3 Å². The Hall–Kier alpha value is -2.15. The zero-order chi connectivity index (χ0) is 16.3. The Morgan fingerprint density at radius 1 is 1.45 bits per heavy atom. The van der Waals surface area contributed by atoms with Crippen LogP contribution in [0.5, 0.6) is 0 Å². The van der Waals surface area contributed by atoms with E-state index in [1.165, 1.54) is 11.3 Å². The lowest BCUT2D eigenvalue weighted by Gasteiger charge is -2.17. The van der Waals surface area contributed by atoms with Gasteiger partial charge in [-0.2, -0.15) is 0 Å². The highest BCUT2D eigenvalue weighted by Crippen LogP contribution is 2.26. The molecule has 0 aliphatic carbocycles. The molecule has 0 radical (unpaired) electrons. The summed E-state index contributed by atoms with van der Waals surface area (Å²) in [5.74, 6) is -0.569. The van der Waals surface area contributed by atoms with Gasteiger partial charge in [-0.25, -0.2) is 9.78 Å². The number of aryl methyl sites for hydroxylation is 1.